The molecule has 26 heavy (non-hydrogen) atoms. The van der Waals surface area contributed by atoms with Crippen LogP contribution in [0, 0.1) is 6.92 Å². The number of hydrogen-bond donors (Lipinski definition) is 0. The van der Waals surface area contributed by atoms with E-state index in [1.165, 1.54) is 22.4 Å². The summed E-state index contributed by atoms with van der Waals surface area (Å²) in [7, 11) is 0. The molecule has 0 spiro atoms. The molecule has 0 saturated heterocycles. The second-order valence-corrected chi connectivity index (χ2v) is 9.28. The van der Waals surface area contributed by atoms with E-state index < -0.39 is 0 Å². The molecule has 0 saturated carbocycles. The highest BCUT2D eigenvalue weighted by molar-refractivity contribution is 7.99. The van der Waals surface area contributed by atoms with Crippen LogP contribution in [0.1, 0.15) is 55.0 Å². The molecule has 2 aromatic heterocycles. The first-order valence-electron chi connectivity index (χ1n) is 9.38. The second kappa shape index (κ2) is 7.20. The number of fused-ring (bicyclic) bond motifs is 3. The lowest BCUT2D eigenvalue weighted by atomic mass is 9.88. The largest absolute Gasteiger partial charge is 0.268 e. The van der Waals surface area contributed by atoms with Gasteiger partial charge in [0, 0.05) is 10.6 Å². The molecule has 136 valence electrons. The highest BCUT2D eigenvalue weighted by atomic mass is 32.2. The average molecular weight is 385 g/mol. The molecule has 0 bridgehead atoms. The van der Waals surface area contributed by atoms with E-state index in [1.807, 2.05) is 16.7 Å². The molecule has 1 aliphatic carbocycles. The lowest BCUT2D eigenvalue weighted by Crippen LogP contribution is -2.22. The maximum absolute atomic E-state index is 13.6. The Bertz CT molecular complexity index is 1000. The van der Waals surface area contributed by atoms with Crippen LogP contribution in [-0.4, -0.2) is 15.3 Å². The van der Waals surface area contributed by atoms with Gasteiger partial charge in [0.1, 0.15) is 4.83 Å². The second-order valence-electron chi connectivity index (χ2n) is 7.13. The highest BCUT2D eigenvalue weighted by Crippen LogP contribution is 2.40. The first kappa shape index (κ1) is 17.8. The van der Waals surface area contributed by atoms with Crippen molar-refractivity contribution in [2.75, 3.05) is 5.75 Å². The van der Waals surface area contributed by atoms with E-state index >= 15 is 0 Å². The Hall–Kier alpha value is -1.59. The number of nitrogens with zero attached hydrogens (tertiary/aromatic N) is 2. The van der Waals surface area contributed by atoms with Gasteiger partial charge in [-0.05, 0) is 56.2 Å². The van der Waals surface area contributed by atoms with Crippen molar-refractivity contribution in [3.63, 3.8) is 0 Å². The Kier molecular flexibility index (Phi) is 4.93. The third-order valence-corrected chi connectivity index (χ3v) is 7.37. The van der Waals surface area contributed by atoms with Crippen LogP contribution in [0.25, 0.3) is 15.9 Å². The van der Waals surface area contributed by atoms with Crippen LogP contribution in [0.4, 0.5) is 0 Å². The zero-order valence-electron chi connectivity index (χ0n) is 15.5. The zero-order chi connectivity index (χ0) is 18.3. The van der Waals surface area contributed by atoms with Crippen LogP contribution in [0.5, 0.6) is 0 Å². The molecule has 1 unspecified atom stereocenters. The van der Waals surface area contributed by atoms with Crippen LogP contribution in [0.3, 0.4) is 0 Å². The number of thioether (sulfide) groups is 1. The predicted molar refractivity (Wildman–Crippen MR) is 112 cm³/mol. The minimum Gasteiger partial charge on any atom is -0.268 e. The molecular formula is C21H24N2OS2. The first-order valence-corrected chi connectivity index (χ1v) is 11.2. The molecule has 0 radical (unpaired) electrons. The Morgan fingerprint density at radius 3 is 2.81 bits per heavy atom. The van der Waals surface area contributed by atoms with Gasteiger partial charge in [-0.25, -0.2) is 4.98 Å². The molecule has 4 rings (SSSR count). The van der Waals surface area contributed by atoms with Crippen molar-refractivity contribution in [2.24, 2.45) is 0 Å². The molecular weight excluding hydrogens is 360 g/mol. The Morgan fingerprint density at radius 1 is 1.31 bits per heavy atom. The molecule has 1 aliphatic rings. The van der Waals surface area contributed by atoms with Crippen LogP contribution in [-0.2, 0) is 6.42 Å². The molecule has 1 atom stereocenters. The molecule has 2 heterocycles. The van der Waals surface area contributed by atoms with Crippen molar-refractivity contribution in [2.45, 2.75) is 57.5 Å². The number of benzene rings is 1. The van der Waals surface area contributed by atoms with Crippen LogP contribution in [0.2, 0.25) is 0 Å². The lowest BCUT2D eigenvalue weighted by Gasteiger charge is -2.19. The first-order chi connectivity index (χ1) is 12.6. The third kappa shape index (κ3) is 3.01. The van der Waals surface area contributed by atoms with Crippen LogP contribution >= 0.6 is 23.1 Å². The number of thiophene rings is 1. The molecule has 0 aliphatic heterocycles. The Morgan fingerprint density at radius 2 is 2.08 bits per heavy atom. The summed E-state index contributed by atoms with van der Waals surface area (Å²) in [6, 6.07) is 8.18. The standard InChI is InChI=1S/C21H24N2OS2/c1-4-12-25-21-22-19-18(17-14(3)6-5-7-16(17)26-19)20(24)23(21)15-10-8-13(2)9-11-15/h8-11,14H,4-7,12H2,1-3H3. The summed E-state index contributed by atoms with van der Waals surface area (Å²) in [5, 5.41) is 1.68. The van der Waals surface area contributed by atoms with E-state index in [0.717, 1.165) is 46.1 Å². The fraction of sp³-hybridized carbons (Fsp3) is 0.429. The van der Waals surface area contributed by atoms with Gasteiger partial charge in [-0.1, -0.05) is 43.3 Å². The van der Waals surface area contributed by atoms with E-state index in [4.69, 9.17) is 4.98 Å². The molecule has 0 fully saturated rings. The van der Waals surface area contributed by atoms with E-state index in [0.29, 0.717) is 5.92 Å². The van der Waals surface area contributed by atoms with Gasteiger partial charge in [0.15, 0.2) is 5.16 Å². The Labute approximate surface area is 162 Å². The number of aryl methyl sites for hydroxylation is 2. The number of hydrogen-bond acceptors (Lipinski definition) is 4. The van der Waals surface area contributed by atoms with Gasteiger partial charge in [0.2, 0.25) is 0 Å². The number of rotatable bonds is 4. The van der Waals surface area contributed by atoms with Gasteiger partial charge < -0.3 is 0 Å². The summed E-state index contributed by atoms with van der Waals surface area (Å²) in [5.74, 6) is 1.41. The highest BCUT2D eigenvalue weighted by Gasteiger charge is 2.26. The van der Waals surface area contributed by atoms with E-state index in [2.05, 4.69) is 32.9 Å². The van der Waals surface area contributed by atoms with E-state index in [9.17, 15) is 4.79 Å². The smallest absolute Gasteiger partial charge is 0.267 e. The molecule has 3 nitrogen and oxygen atoms in total. The molecule has 0 N–H and O–H groups in total. The summed E-state index contributed by atoms with van der Waals surface area (Å²) in [6.07, 6.45) is 4.52. The maximum atomic E-state index is 13.6. The summed E-state index contributed by atoms with van der Waals surface area (Å²) in [4.78, 5) is 20.8. The van der Waals surface area contributed by atoms with Gasteiger partial charge in [0.25, 0.3) is 5.56 Å². The minimum absolute atomic E-state index is 0.101. The summed E-state index contributed by atoms with van der Waals surface area (Å²) in [6.45, 7) is 6.47. The van der Waals surface area contributed by atoms with Gasteiger partial charge in [-0.2, -0.15) is 0 Å². The van der Waals surface area contributed by atoms with Crippen LogP contribution in [0.15, 0.2) is 34.2 Å². The molecule has 0 amide bonds. The minimum atomic E-state index is 0.101. The van der Waals surface area contributed by atoms with Crippen molar-refractivity contribution in [3.8, 4) is 5.69 Å². The fourth-order valence-electron chi connectivity index (χ4n) is 3.73. The van der Waals surface area contributed by atoms with Gasteiger partial charge in [-0.15, -0.1) is 11.3 Å². The Balaban J connectivity index is 2.00. The van der Waals surface area contributed by atoms with E-state index in [1.54, 1.807) is 23.1 Å². The van der Waals surface area contributed by atoms with Crippen molar-refractivity contribution >= 4 is 33.3 Å². The number of aromatic nitrogens is 2. The summed E-state index contributed by atoms with van der Waals surface area (Å²) < 4.78 is 1.83. The van der Waals surface area contributed by atoms with Crippen molar-refractivity contribution in [1.82, 2.24) is 9.55 Å². The van der Waals surface area contributed by atoms with Gasteiger partial charge in [0.05, 0.1) is 11.1 Å². The van der Waals surface area contributed by atoms with Gasteiger partial charge in [-0.3, -0.25) is 9.36 Å². The summed E-state index contributed by atoms with van der Waals surface area (Å²) >= 11 is 3.41. The topological polar surface area (TPSA) is 34.9 Å². The third-order valence-electron chi connectivity index (χ3n) is 5.07. The van der Waals surface area contributed by atoms with Crippen molar-refractivity contribution in [3.05, 3.63) is 50.6 Å². The fourth-order valence-corrected chi connectivity index (χ4v) is 5.97. The SMILES string of the molecule is CCCSc1nc2sc3c(c2c(=O)n1-c1ccc(C)cc1)C(C)CCC3. The summed E-state index contributed by atoms with van der Waals surface area (Å²) in [5.41, 5.74) is 3.47. The van der Waals surface area contributed by atoms with E-state index in [-0.39, 0.29) is 5.56 Å². The zero-order valence-corrected chi connectivity index (χ0v) is 17.2. The average Bonchev–Trinajstić information content (AvgIpc) is 3.01. The molecule has 5 heteroatoms. The normalized spacial score (nSPS) is 16.8. The van der Waals surface area contributed by atoms with Crippen molar-refractivity contribution < 1.29 is 0 Å². The van der Waals surface area contributed by atoms with Crippen LogP contribution < -0.4 is 5.56 Å². The predicted octanol–water partition coefficient (Wildman–Crippen LogP) is 5.70. The monoisotopic (exact) mass is 384 g/mol. The molecule has 1 aromatic carbocycles. The maximum Gasteiger partial charge on any atom is 0.267 e. The lowest BCUT2D eigenvalue weighted by molar-refractivity contribution is 0.601. The quantitative estimate of drug-likeness (QED) is 0.428. The molecule has 3 aromatic rings. The van der Waals surface area contributed by atoms with Gasteiger partial charge >= 0.3 is 0 Å². The van der Waals surface area contributed by atoms with Crippen molar-refractivity contribution in [1.29, 1.82) is 0 Å².